The molecule has 2 heteroatoms. The Labute approximate surface area is 350 Å². The molecule has 59 heavy (non-hydrogen) atoms. The summed E-state index contributed by atoms with van der Waals surface area (Å²) < 4.78 is 2.61. The van der Waals surface area contributed by atoms with Gasteiger partial charge >= 0.3 is 0 Å². The summed E-state index contributed by atoms with van der Waals surface area (Å²) in [6.45, 7) is 4.77. The molecule has 1 heterocycles. The Kier molecular flexibility index (Phi) is 8.43. The monoisotopic (exact) mass is 771 g/mol. The van der Waals surface area contributed by atoms with Crippen LogP contribution in [0.5, 0.6) is 0 Å². The molecule has 0 fully saturated rings. The van der Waals surface area contributed by atoms with Crippen molar-refractivity contribution >= 4 is 48.6 Å². The topological polar surface area (TPSA) is 3.24 Å². The number of thiophene rings is 1. The molecule has 0 saturated carbocycles. The van der Waals surface area contributed by atoms with Crippen molar-refractivity contribution in [2.75, 3.05) is 4.90 Å². The van der Waals surface area contributed by atoms with Crippen LogP contribution in [-0.2, 0) is 5.41 Å². The van der Waals surface area contributed by atoms with Crippen molar-refractivity contribution in [1.82, 2.24) is 0 Å². The van der Waals surface area contributed by atoms with Crippen LogP contribution in [0.3, 0.4) is 0 Å². The second-order valence-corrected chi connectivity index (χ2v) is 17.1. The Morgan fingerprint density at radius 2 is 0.915 bits per heavy atom. The molecular weight excluding hydrogens is 731 g/mol. The first-order valence-corrected chi connectivity index (χ1v) is 21.2. The third kappa shape index (κ3) is 5.82. The zero-order valence-corrected chi connectivity index (χ0v) is 33.9. The molecule has 0 N–H and O–H groups in total. The molecule has 1 aliphatic carbocycles. The van der Waals surface area contributed by atoms with Gasteiger partial charge in [-0.2, -0.15) is 0 Å². The molecule has 0 atom stereocenters. The lowest BCUT2D eigenvalue weighted by Gasteiger charge is -2.32. The standard InChI is InChI=1S/C57H41NS/c1-57(2)50-27-12-9-22-44(50)48-25-15-26-49(56(48)57)47-24-16-29-52(55(47)40-19-7-4-8-20-40)58(42-34-31-39(32-35-42)38-17-5-3-6-18-38)51-28-13-10-21-43(51)41-33-36-46-45-23-11-14-30-53(45)59-54(46)37-41/h3-37H,1-2H3. The van der Waals surface area contributed by atoms with Gasteiger partial charge in [-0.15, -0.1) is 11.3 Å². The second-order valence-electron chi connectivity index (χ2n) is 16.0. The molecule has 0 radical (unpaired) electrons. The first-order chi connectivity index (χ1) is 29.0. The summed E-state index contributed by atoms with van der Waals surface area (Å²) in [5.41, 5.74) is 18.2. The van der Waals surface area contributed by atoms with E-state index < -0.39 is 0 Å². The Bertz CT molecular complexity index is 3170. The molecule has 0 spiro atoms. The number of nitrogens with zero attached hydrogens (tertiary/aromatic N) is 1. The highest BCUT2D eigenvalue weighted by molar-refractivity contribution is 7.25. The number of rotatable bonds is 7. The summed E-state index contributed by atoms with van der Waals surface area (Å²) >= 11 is 1.87. The minimum absolute atomic E-state index is 0.169. The van der Waals surface area contributed by atoms with Crippen molar-refractivity contribution in [3.63, 3.8) is 0 Å². The summed E-state index contributed by atoms with van der Waals surface area (Å²) in [7, 11) is 0. The fourth-order valence-corrected chi connectivity index (χ4v) is 10.7. The smallest absolute Gasteiger partial charge is 0.0546 e. The van der Waals surface area contributed by atoms with Crippen LogP contribution in [0.2, 0.25) is 0 Å². The molecule has 0 amide bonds. The Hall–Kier alpha value is -7.00. The Morgan fingerprint density at radius 3 is 1.71 bits per heavy atom. The van der Waals surface area contributed by atoms with E-state index in [0.717, 1.165) is 17.1 Å². The number of hydrogen-bond donors (Lipinski definition) is 0. The first kappa shape index (κ1) is 35.2. The molecule has 0 saturated heterocycles. The molecule has 0 aliphatic heterocycles. The minimum Gasteiger partial charge on any atom is -0.309 e. The highest BCUT2D eigenvalue weighted by atomic mass is 32.1. The molecule has 1 aromatic heterocycles. The third-order valence-corrected chi connectivity index (χ3v) is 13.4. The van der Waals surface area contributed by atoms with Crippen LogP contribution < -0.4 is 4.90 Å². The summed E-state index contributed by atoms with van der Waals surface area (Å²) in [5, 5.41) is 2.62. The van der Waals surface area contributed by atoms with Crippen LogP contribution in [0, 0.1) is 0 Å². The fraction of sp³-hybridized carbons (Fsp3) is 0.0526. The normalized spacial score (nSPS) is 12.7. The number of benzene rings is 9. The number of anilines is 3. The van der Waals surface area contributed by atoms with Crippen molar-refractivity contribution in [1.29, 1.82) is 0 Å². The Balaban J connectivity index is 1.17. The van der Waals surface area contributed by atoms with Crippen molar-refractivity contribution in [3.8, 4) is 55.6 Å². The maximum atomic E-state index is 2.49. The van der Waals surface area contributed by atoms with Gasteiger partial charge in [0.15, 0.2) is 0 Å². The predicted octanol–water partition coefficient (Wildman–Crippen LogP) is 16.5. The molecule has 11 rings (SSSR count). The number of hydrogen-bond acceptors (Lipinski definition) is 2. The molecule has 1 aliphatic rings. The predicted molar refractivity (Wildman–Crippen MR) is 253 cm³/mol. The average molecular weight is 772 g/mol. The molecule has 0 bridgehead atoms. The molecule has 9 aromatic carbocycles. The molecular formula is C57H41NS. The van der Waals surface area contributed by atoms with Crippen LogP contribution in [0.25, 0.3) is 75.8 Å². The quantitative estimate of drug-likeness (QED) is 0.156. The van der Waals surface area contributed by atoms with Gasteiger partial charge in [0.25, 0.3) is 0 Å². The van der Waals surface area contributed by atoms with Crippen molar-refractivity contribution < 1.29 is 0 Å². The van der Waals surface area contributed by atoms with E-state index >= 15 is 0 Å². The summed E-state index contributed by atoms with van der Waals surface area (Å²) in [4.78, 5) is 2.49. The lowest BCUT2D eigenvalue weighted by molar-refractivity contribution is 0.662. The molecule has 280 valence electrons. The van der Waals surface area contributed by atoms with Gasteiger partial charge in [0.1, 0.15) is 0 Å². The Morgan fingerprint density at radius 1 is 0.373 bits per heavy atom. The van der Waals surface area contributed by atoms with E-state index in [0.29, 0.717) is 0 Å². The SMILES string of the molecule is CC1(C)c2ccccc2-c2cccc(-c3cccc(N(c4ccc(-c5ccccc5)cc4)c4ccccc4-c4ccc5c(c4)sc4ccccc45)c3-c3ccccc3)c21. The minimum atomic E-state index is -0.169. The lowest BCUT2D eigenvalue weighted by atomic mass is 9.77. The van der Waals surface area contributed by atoms with Crippen LogP contribution >= 0.6 is 11.3 Å². The van der Waals surface area contributed by atoms with E-state index in [1.165, 1.54) is 86.9 Å². The highest BCUT2D eigenvalue weighted by Crippen LogP contribution is 2.55. The zero-order chi connectivity index (χ0) is 39.5. The number of fused-ring (bicyclic) bond motifs is 6. The maximum absolute atomic E-state index is 2.49. The van der Waals surface area contributed by atoms with E-state index in [2.05, 4.69) is 231 Å². The maximum Gasteiger partial charge on any atom is 0.0546 e. The molecule has 0 unspecified atom stereocenters. The summed E-state index contributed by atoms with van der Waals surface area (Å²) in [6, 6.07) is 78.1. The van der Waals surface area contributed by atoms with Crippen LogP contribution in [-0.4, -0.2) is 0 Å². The zero-order valence-electron chi connectivity index (χ0n) is 33.1. The summed E-state index contributed by atoms with van der Waals surface area (Å²) in [6.07, 6.45) is 0. The van der Waals surface area contributed by atoms with E-state index in [1.807, 2.05) is 11.3 Å². The van der Waals surface area contributed by atoms with Crippen molar-refractivity contribution in [3.05, 3.63) is 223 Å². The third-order valence-electron chi connectivity index (χ3n) is 12.3. The van der Waals surface area contributed by atoms with Crippen LogP contribution in [0.4, 0.5) is 17.1 Å². The van der Waals surface area contributed by atoms with Gasteiger partial charge in [-0.1, -0.05) is 190 Å². The van der Waals surface area contributed by atoms with Gasteiger partial charge in [0.2, 0.25) is 0 Å². The lowest BCUT2D eigenvalue weighted by Crippen LogP contribution is -2.17. The van der Waals surface area contributed by atoms with E-state index in [4.69, 9.17) is 0 Å². The van der Waals surface area contributed by atoms with Gasteiger partial charge in [0.05, 0.1) is 11.4 Å². The highest BCUT2D eigenvalue weighted by Gasteiger charge is 2.38. The fourth-order valence-electron chi connectivity index (χ4n) is 9.58. The van der Waals surface area contributed by atoms with E-state index in [-0.39, 0.29) is 5.41 Å². The van der Waals surface area contributed by atoms with Crippen molar-refractivity contribution in [2.45, 2.75) is 19.3 Å². The summed E-state index contributed by atoms with van der Waals surface area (Å²) in [5.74, 6) is 0. The average Bonchev–Trinajstić information content (AvgIpc) is 3.79. The second kappa shape index (κ2) is 14.1. The molecule has 10 aromatic rings. The largest absolute Gasteiger partial charge is 0.309 e. The van der Waals surface area contributed by atoms with Gasteiger partial charge in [-0.3, -0.25) is 0 Å². The first-order valence-electron chi connectivity index (χ1n) is 20.4. The van der Waals surface area contributed by atoms with E-state index in [9.17, 15) is 0 Å². The molecule has 1 nitrogen and oxygen atoms in total. The van der Waals surface area contributed by atoms with Gasteiger partial charge in [0, 0.05) is 42.4 Å². The van der Waals surface area contributed by atoms with Gasteiger partial charge in [-0.25, -0.2) is 0 Å². The van der Waals surface area contributed by atoms with E-state index in [1.54, 1.807) is 0 Å². The number of para-hydroxylation sites is 1. The van der Waals surface area contributed by atoms with Gasteiger partial charge < -0.3 is 4.90 Å². The van der Waals surface area contributed by atoms with Crippen molar-refractivity contribution in [2.24, 2.45) is 0 Å². The van der Waals surface area contributed by atoms with Gasteiger partial charge in [-0.05, 0) is 92.0 Å². The van der Waals surface area contributed by atoms with Crippen LogP contribution in [0.1, 0.15) is 25.0 Å². The van der Waals surface area contributed by atoms with Crippen LogP contribution in [0.15, 0.2) is 212 Å².